The summed E-state index contributed by atoms with van der Waals surface area (Å²) in [7, 11) is 0. The first kappa shape index (κ1) is 11.8. The maximum absolute atomic E-state index is 12.0. The predicted octanol–water partition coefficient (Wildman–Crippen LogP) is 0.196. The number of aliphatic carboxylic acids is 1. The Morgan fingerprint density at radius 3 is 2.76 bits per heavy atom. The Hall–Kier alpha value is -1.72. The van der Waals surface area contributed by atoms with E-state index in [4.69, 9.17) is 14.6 Å². The highest BCUT2D eigenvalue weighted by Gasteiger charge is 2.39. The molecule has 0 aromatic heterocycles. The van der Waals surface area contributed by atoms with Crippen LogP contribution in [0.15, 0.2) is 12.0 Å². The molecular formula is C11H15NO5. The number of hydrogen-bond donors (Lipinski definition) is 1. The highest BCUT2D eigenvalue weighted by Crippen LogP contribution is 2.26. The number of carbonyl (C=O) groups excluding carboxylic acids is 1. The van der Waals surface area contributed by atoms with Gasteiger partial charge in [-0.1, -0.05) is 0 Å². The van der Waals surface area contributed by atoms with Crippen molar-refractivity contribution in [1.82, 2.24) is 4.90 Å². The first-order chi connectivity index (χ1) is 8.11. The summed E-state index contributed by atoms with van der Waals surface area (Å²) in [5.74, 6) is -1.48. The summed E-state index contributed by atoms with van der Waals surface area (Å²) >= 11 is 0. The van der Waals surface area contributed by atoms with E-state index in [0.717, 1.165) is 0 Å². The molecule has 6 heteroatoms. The van der Waals surface area contributed by atoms with Gasteiger partial charge in [0, 0.05) is 12.6 Å². The van der Waals surface area contributed by atoms with Gasteiger partial charge < -0.3 is 19.5 Å². The Morgan fingerprint density at radius 2 is 2.24 bits per heavy atom. The molecule has 0 radical (unpaired) electrons. The van der Waals surface area contributed by atoms with Crippen molar-refractivity contribution in [3.05, 3.63) is 12.0 Å². The van der Waals surface area contributed by atoms with Crippen LogP contribution in [0, 0.1) is 5.92 Å². The summed E-state index contributed by atoms with van der Waals surface area (Å²) in [5.41, 5.74) is 0. The van der Waals surface area contributed by atoms with Crippen molar-refractivity contribution in [3.8, 4) is 0 Å². The molecule has 0 spiro atoms. The first-order valence-corrected chi connectivity index (χ1v) is 5.59. The van der Waals surface area contributed by atoms with E-state index in [9.17, 15) is 9.59 Å². The lowest BCUT2D eigenvalue weighted by atomic mass is 10.0. The molecule has 1 saturated heterocycles. The third-order valence-corrected chi connectivity index (χ3v) is 3.19. The zero-order chi connectivity index (χ0) is 12.4. The maximum atomic E-state index is 12.0. The number of rotatable bonds is 2. The van der Waals surface area contributed by atoms with Gasteiger partial charge in [0.05, 0.1) is 5.92 Å². The minimum atomic E-state index is -0.859. The van der Waals surface area contributed by atoms with Gasteiger partial charge in [0.2, 0.25) is 5.76 Å². The molecule has 2 unspecified atom stereocenters. The van der Waals surface area contributed by atoms with Crippen LogP contribution < -0.4 is 0 Å². The van der Waals surface area contributed by atoms with E-state index in [1.54, 1.807) is 6.92 Å². The molecule has 1 amide bonds. The van der Waals surface area contributed by atoms with Crippen LogP contribution >= 0.6 is 0 Å². The van der Waals surface area contributed by atoms with Gasteiger partial charge in [0.25, 0.3) is 5.91 Å². The van der Waals surface area contributed by atoms with Gasteiger partial charge in [-0.25, -0.2) is 0 Å². The van der Waals surface area contributed by atoms with E-state index in [1.807, 2.05) is 0 Å². The van der Waals surface area contributed by atoms with E-state index < -0.39 is 11.9 Å². The van der Waals surface area contributed by atoms with Gasteiger partial charge >= 0.3 is 5.97 Å². The number of nitrogens with zero attached hydrogens (tertiary/aromatic N) is 1. The van der Waals surface area contributed by atoms with Crippen molar-refractivity contribution in [1.29, 1.82) is 0 Å². The molecule has 1 N–H and O–H groups in total. The van der Waals surface area contributed by atoms with Crippen LogP contribution in [0.1, 0.15) is 13.3 Å². The minimum Gasteiger partial charge on any atom is -0.494 e. The van der Waals surface area contributed by atoms with Crippen LogP contribution in [-0.2, 0) is 19.1 Å². The largest absolute Gasteiger partial charge is 0.494 e. The smallest absolute Gasteiger partial charge is 0.308 e. The SMILES string of the molecule is CC1C(C(=O)O)CCN1C(=O)C1=COCCO1. The van der Waals surface area contributed by atoms with Crippen LogP contribution in [0.5, 0.6) is 0 Å². The Bertz CT molecular complexity index is 365. The fourth-order valence-electron chi connectivity index (χ4n) is 2.18. The van der Waals surface area contributed by atoms with Crippen LogP contribution in [0.2, 0.25) is 0 Å². The fourth-order valence-corrected chi connectivity index (χ4v) is 2.18. The average molecular weight is 241 g/mol. The molecule has 1 fully saturated rings. The maximum Gasteiger partial charge on any atom is 0.308 e. The number of hydrogen-bond acceptors (Lipinski definition) is 4. The van der Waals surface area contributed by atoms with E-state index in [-0.39, 0.29) is 17.7 Å². The van der Waals surface area contributed by atoms with Gasteiger partial charge in [-0.15, -0.1) is 0 Å². The summed E-state index contributed by atoms with van der Waals surface area (Å²) in [6.07, 6.45) is 1.78. The van der Waals surface area contributed by atoms with Gasteiger partial charge in [-0.05, 0) is 13.3 Å². The van der Waals surface area contributed by atoms with Gasteiger partial charge in [0.15, 0.2) is 0 Å². The zero-order valence-corrected chi connectivity index (χ0v) is 9.59. The van der Waals surface area contributed by atoms with Crippen LogP contribution in [0.25, 0.3) is 0 Å². The third-order valence-electron chi connectivity index (χ3n) is 3.19. The highest BCUT2D eigenvalue weighted by molar-refractivity contribution is 5.92. The lowest BCUT2D eigenvalue weighted by molar-refractivity contribution is -0.143. The quantitative estimate of drug-likeness (QED) is 0.747. The molecule has 17 heavy (non-hydrogen) atoms. The fraction of sp³-hybridized carbons (Fsp3) is 0.636. The zero-order valence-electron chi connectivity index (χ0n) is 9.59. The Labute approximate surface area is 98.8 Å². The number of amides is 1. The summed E-state index contributed by atoms with van der Waals surface area (Å²) in [6, 6.07) is -0.313. The molecule has 2 aliphatic heterocycles. The van der Waals surface area contributed by atoms with Gasteiger partial charge in [-0.3, -0.25) is 9.59 Å². The molecule has 0 bridgehead atoms. The molecule has 94 valence electrons. The second-order valence-electron chi connectivity index (χ2n) is 4.17. The predicted molar refractivity (Wildman–Crippen MR) is 56.9 cm³/mol. The molecule has 2 heterocycles. The second kappa shape index (κ2) is 4.65. The summed E-state index contributed by atoms with van der Waals surface area (Å²) in [6.45, 7) is 2.97. The standard InChI is InChI=1S/C11H15NO5/c1-7-8(11(14)15)2-3-12(7)10(13)9-6-16-4-5-17-9/h6-8H,2-5H2,1H3,(H,14,15). The topological polar surface area (TPSA) is 76.1 Å². The van der Waals surface area contributed by atoms with Crippen molar-refractivity contribution >= 4 is 11.9 Å². The van der Waals surface area contributed by atoms with Crippen molar-refractivity contribution in [2.45, 2.75) is 19.4 Å². The average Bonchev–Trinajstić information content (AvgIpc) is 2.71. The second-order valence-corrected chi connectivity index (χ2v) is 4.17. The number of carboxylic acid groups (broad SMARTS) is 1. The van der Waals surface area contributed by atoms with E-state index in [1.165, 1.54) is 11.2 Å². The first-order valence-electron chi connectivity index (χ1n) is 5.59. The lowest BCUT2D eigenvalue weighted by Crippen LogP contribution is -2.39. The Balaban J connectivity index is 2.06. The van der Waals surface area contributed by atoms with E-state index in [0.29, 0.717) is 26.2 Å². The number of likely N-dealkylation sites (tertiary alicyclic amines) is 1. The number of carbonyl (C=O) groups is 2. The number of ether oxygens (including phenoxy) is 2. The van der Waals surface area contributed by atoms with E-state index >= 15 is 0 Å². The van der Waals surface area contributed by atoms with Gasteiger partial charge in [0.1, 0.15) is 19.5 Å². The molecule has 0 saturated carbocycles. The van der Waals surface area contributed by atoms with Crippen LogP contribution in [-0.4, -0.2) is 47.7 Å². The van der Waals surface area contributed by atoms with Crippen LogP contribution in [0.3, 0.4) is 0 Å². The molecular weight excluding hydrogens is 226 g/mol. The summed E-state index contributed by atoms with van der Waals surface area (Å²) < 4.78 is 10.2. The minimum absolute atomic E-state index is 0.161. The van der Waals surface area contributed by atoms with Crippen LogP contribution in [0.4, 0.5) is 0 Å². The summed E-state index contributed by atoms with van der Waals surface area (Å²) in [5, 5.41) is 8.99. The van der Waals surface area contributed by atoms with Crippen molar-refractivity contribution < 1.29 is 24.2 Å². The molecule has 0 aromatic rings. The lowest BCUT2D eigenvalue weighted by Gasteiger charge is -2.25. The molecule has 0 aliphatic carbocycles. The molecule has 6 nitrogen and oxygen atoms in total. The molecule has 2 aliphatic rings. The van der Waals surface area contributed by atoms with Crippen molar-refractivity contribution in [3.63, 3.8) is 0 Å². The number of carboxylic acids is 1. The Morgan fingerprint density at radius 1 is 1.47 bits per heavy atom. The highest BCUT2D eigenvalue weighted by atomic mass is 16.6. The van der Waals surface area contributed by atoms with Crippen molar-refractivity contribution in [2.75, 3.05) is 19.8 Å². The summed E-state index contributed by atoms with van der Waals surface area (Å²) in [4.78, 5) is 24.5. The normalized spacial score (nSPS) is 28.1. The monoisotopic (exact) mass is 241 g/mol. The molecule has 2 atom stereocenters. The Kier molecular flexibility index (Phi) is 3.21. The van der Waals surface area contributed by atoms with E-state index in [2.05, 4.69) is 0 Å². The third kappa shape index (κ3) is 2.20. The van der Waals surface area contributed by atoms with Crippen molar-refractivity contribution in [2.24, 2.45) is 5.92 Å². The van der Waals surface area contributed by atoms with Gasteiger partial charge in [-0.2, -0.15) is 0 Å². The molecule has 0 aromatic carbocycles. The molecule has 2 rings (SSSR count).